The van der Waals surface area contributed by atoms with Crippen LogP contribution in [0.15, 0.2) is 0 Å². The van der Waals surface area contributed by atoms with Gasteiger partial charge >= 0.3 is 0 Å². The first-order valence-electron chi connectivity index (χ1n) is 7.83. The van der Waals surface area contributed by atoms with E-state index in [0.29, 0.717) is 25.0 Å². The number of nitrogens with two attached hydrogens (primary N) is 1. The molecule has 3 saturated carbocycles. The van der Waals surface area contributed by atoms with Gasteiger partial charge in [-0.2, -0.15) is 0 Å². The number of ether oxygens (including phenoxy) is 1. The average molecular weight is 264 g/mol. The fourth-order valence-corrected chi connectivity index (χ4v) is 5.06. The molecule has 19 heavy (non-hydrogen) atoms. The molecule has 0 aromatic heterocycles. The van der Waals surface area contributed by atoms with Gasteiger partial charge in [-0.15, -0.1) is 0 Å². The summed E-state index contributed by atoms with van der Waals surface area (Å²) in [6, 6.07) is 0.00508. The minimum absolute atomic E-state index is 0.00508. The molecule has 2 N–H and O–H groups in total. The van der Waals surface area contributed by atoms with Crippen LogP contribution >= 0.6 is 0 Å². The number of fused-ring (bicyclic) bond motifs is 5. The van der Waals surface area contributed by atoms with Crippen molar-refractivity contribution in [3.05, 3.63) is 0 Å². The molecule has 0 spiro atoms. The number of amides is 1. The summed E-state index contributed by atoms with van der Waals surface area (Å²) in [5, 5.41) is 0. The van der Waals surface area contributed by atoms with E-state index in [-0.39, 0.29) is 12.1 Å². The molecule has 1 amide bonds. The van der Waals surface area contributed by atoms with Gasteiger partial charge in [0.25, 0.3) is 0 Å². The Morgan fingerprint density at radius 1 is 1.32 bits per heavy atom. The Labute approximate surface area is 114 Å². The van der Waals surface area contributed by atoms with E-state index in [4.69, 9.17) is 10.5 Å². The van der Waals surface area contributed by atoms with E-state index in [9.17, 15) is 4.79 Å². The fourth-order valence-electron chi connectivity index (χ4n) is 5.06. The highest BCUT2D eigenvalue weighted by atomic mass is 16.5. The van der Waals surface area contributed by atoms with Crippen LogP contribution in [0.25, 0.3) is 0 Å². The first kappa shape index (κ1) is 12.2. The molecule has 0 radical (unpaired) electrons. The molecule has 4 fully saturated rings. The minimum atomic E-state index is 0.00508. The van der Waals surface area contributed by atoms with Gasteiger partial charge in [0, 0.05) is 25.0 Å². The van der Waals surface area contributed by atoms with Gasteiger partial charge in [-0.05, 0) is 49.9 Å². The highest BCUT2D eigenvalue weighted by Crippen LogP contribution is 2.69. The lowest BCUT2D eigenvalue weighted by atomic mass is 10.0. The lowest BCUT2D eigenvalue weighted by molar-refractivity contribution is -0.141. The molecule has 6 atom stereocenters. The highest BCUT2D eigenvalue weighted by molar-refractivity contribution is 5.83. The maximum Gasteiger partial charge on any atom is 0.226 e. The quantitative estimate of drug-likeness (QED) is 0.804. The summed E-state index contributed by atoms with van der Waals surface area (Å²) in [6.45, 7) is 4.06. The molecule has 1 heterocycles. The first-order chi connectivity index (χ1) is 9.16. The van der Waals surface area contributed by atoms with Crippen LogP contribution in [0.2, 0.25) is 0 Å². The second kappa shape index (κ2) is 4.19. The van der Waals surface area contributed by atoms with Gasteiger partial charge in [0.2, 0.25) is 5.91 Å². The predicted molar refractivity (Wildman–Crippen MR) is 71.3 cm³/mol. The SMILES string of the molecule is CC(N)C1CN(C(=O)C2C3C4CCC(C4)C23)CCO1. The largest absolute Gasteiger partial charge is 0.373 e. The number of hydrogen-bond acceptors (Lipinski definition) is 3. The molecule has 2 bridgehead atoms. The van der Waals surface area contributed by atoms with E-state index in [1.165, 1.54) is 19.3 Å². The monoisotopic (exact) mass is 264 g/mol. The van der Waals surface area contributed by atoms with Crippen molar-refractivity contribution >= 4 is 5.91 Å². The van der Waals surface area contributed by atoms with Gasteiger partial charge in [0.05, 0.1) is 12.7 Å². The molecular formula is C15H24N2O2. The molecule has 0 aromatic rings. The van der Waals surface area contributed by atoms with Crippen molar-refractivity contribution in [3.63, 3.8) is 0 Å². The van der Waals surface area contributed by atoms with Crippen LogP contribution in [-0.2, 0) is 9.53 Å². The summed E-state index contributed by atoms with van der Waals surface area (Å²) in [5.74, 6) is 3.98. The van der Waals surface area contributed by atoms with E-state index < -0.39 is 0 Å². The van der Waals surface area contributed by atoms with Gasteiger partial charge < -0.3 is 15.4 Å². The van der Waals surface area contributed by atoms with E-state index in [2.05, 4.69) is 0 Å². The third kappa shape index (κ3) is 1.76. The molecule has 0 aromatic carbocycles. The summed E-state index contributed by atoms with van der Waals surface area (Å²) < 4.78 is 5.65. The van der Waals surface area contributed by atoms with E-state index >= 15 is 0 Å². The maximum atomic E-state index is 12.7. The normalized spacial score (nSPS) is 49.1. The lowest BCUT2D eigenvalue weighted by Crippen LogP contribution is -2.52. The number of carbonyl (C=O) groups excluding carboxylic acids is 1. The Morgan fingerprint density at radius 3 is 2.63 bits per heavy atom. The molecule has 4 nitrogen and oxygen atoms in total. The zero-order valence-corrected chi connectivity index (χ0v) is 11.6. The van der Waals surface area contributed by atoms with Crippen LogP contribution in [0.3, 0.4) is 0 Å². The van der Waals surface area contributed by atoms with Gasteiger partial charge in [0.15, 0.2) is 0 Å². The fraction of sp³-hybridized carbons (Fsp3) is 0.933. The molecule has 1 aliphatic heterocycles. The second-order valence-electron chi connectivity index (χ2n) is 7.07. The number of morpholine rings is 1. The molecule has 106 valence electrons. The molecule has 4 rings (SSSR count). The summed E-state index contributed by atoms with van der Waals surface area (Å²) in [4.78, 5) is 14.7. The first-order valence-corrected chi connectivity index (χ1v) is 7.83. The van der Waals surface area contributed by atoms with Crippen LogP contribution < -0.4 is 5.73 Å². The van der Waals surface area contributed by atoms with Crippen molar-refractivity contribution in [2.45, 2.75) is 38.3 Å². The number of carbonyl (C=O) groups is 1. The van der Waals surface area contributed by atoms with Crippen molar-refractivity contribution in [2.75, 3.05) is 19.7 Å². The van der Waals surface area contributed by atoms with Crippen molar-refractivity contribution in [2.24, 2.45) is 35.3 Å². The third-order valence-corrected chi connectivity index (χ3v) is 6.01. The maximum absolute atomic E-state index is 12.7. The Morgan fingerprint density at radius 2 is 2.00 bits per heavy atom. The van der Waals surface area contributed by atoms with Gasteiger partial charge in [-0.1, -0.05) is 0 Å². The molecule has 4 heteroatoms. The van der Waals surface area contributed by atoms with Crippen LogP contribution in [0, 0.1) is 29.6 Å². The van der Waals surface area contributed by atoms with Crippen molar-refractivity contribution in [3.8, 4) is 0 Å². The Hall–Kier alpha value is -0.610. The molecule has 4 aliphatic rings. The third-order valence-electron chi connectivity index (χ3n) is 6.01. The van der Waals surface area contributed by atoms with Gasteiger partial charge in [0.1, 0.15) is 0 Å². The van der Waals surface area contributed by atoms with Crippen molar-refractivity contribution in [1.29, 1.82) is 0 Å². The van der Waals surface area contributed by atoms with Crippen LogP contribution in [0.1, 0.15) is 26.2 Å². The molecule has 6 unspecified atom stereocenters. The summed E-state index contributed by atoms with van der Waals surface area (Å²) in [7, 11) is 0. The highest BCUT2D eigenvalue weighted by Gasteiger charge is 2.68. The van der Waals surface area contributed by atoms with E-state index in [1.807, 2.05) is 11.8 Å². The summed E-state index contributed by atoms with van der Waals surface area (Å²) in [6.07, 6.45) is 4.18. The smallest absolute Gasteiger partial charge is 0.226 e. The van der Waals surface area contributed by atoms with Crippen molar-refractivity contribution in [1.82, 2.24) is 4.90 Å². The van der Waals surface area contributed by atoms with Gasteiger partial charge in [-0.25, -0.2) is 0 Å². The van der Waals surface area contributed by atoms with E-state index in [1.54, 1.807) is 0 Å². The van der Waals surface area contributed by atoms with Crippen LogP contribution in [0.5, 0.6) is 0 Å². The molecule has 1 saturated heterocycles. The summed E-state index contributed by atoms with van der Waals surface area (Å²) >= 11 is 0. The van der Waals surface area contributed by atoms with Crippen LogP contribution in [0.4, 0.5) is 0 Å². The minimum Gasteiger partial charge on any atom is -0.373 e. The molecular weight excluding hydrogens is 240 g/mol. The number of hydrogen-bond donors (Lipinski definition) is 1. The van der Waals surface area contributed by atoms with E-state index in [0.717, 1.165) is 30.2 Å². The van der Waals surface area contributed by atoms with Crippen molar-refractivity contribution < 1.29 is 9.53 Å². The zero-order valence-electron chi connectivity index (χ0n) is 11.6. The Kier molecular flexibility index (Phi) is 2.68. The zero-order chi connectivity index (χ0) is 13.1. The Bertz CT molecular complexity index is 382. The standard InChI is InChI=1S/C15H24N2O2/c1-8(16)11-7-17(4-5-19-11)15(18)14-12-9-2-3-10(6-9)13(12)14/h8-14H,2-7,16H2,1H3. The summed E-state index contributed by atoms with van der Waals surface area (Å²) in [5.41, 5.74) is 5.90. The number of nitrogens with zero attached hydrogens (tertiary/aromatic N) is 1. The van der Waals surface area contributed by atoms with Gasteiger partial charge in [-0.3, -0.25) is 4.79 Å². The predicted octanol–water partition coefficient (Wildman–Crippen LogP) is 0.853. The molecule has 3 aliphatic carbocycles. The second-order valence-corrected chi connectivity index (χ2v) is 7.07. The average Bonchev–Trinajstić information content (AvgIpc) is 2.85. The van der Waals surface area contributed by atoms with Crippen LogP contribution in [-0.4, -0.2) is 42.6 Å². The topological polar surface area (TPSA) is 55.6 Å². The number of rotatable bonds is 2. The lowest BCUT2D eigenvalue weighted by Gasteiger charge is -2.35. The Balaban J connectivity index is 1.42.